The van der Waals surface area contributed by atoms with Gasteiger partial charge in [-0.25, -0.2) is 0 Å². The molecule has 0 spiro atoms. The Bertz CT molecular complexity index is 904. The molecule has 2 aromatic carbocycles. The van der Waals surface area contributed by atoms with E-state index < -0.39 is 12.0 Å². The minimum Gasteiger partial charge on any atom is -0.350 e. The van der Waals surface area contributed by atoms with Gasteiger partial charge >= 0.3 is 0 Å². The van der Waals surface area contributed by atoms with E-state index >= 15 is 0 Å². The molecular weight excluding hydrogens is 374 g/mol. The second-order valence-electron chi connectivity index (χ2n) is 7.56. The second-order valence-corrected chi connectivity index (χ2v) is 7.56. The van der Waals surface area contributed by atoms with E-state index in [2.05, 4.69) is 15.6 Å². The monoisotopic (exact) mass is 401 g/mol. The molecule has 2 N–H and O–H groups in total. The van der Waals surface area contributed by atoms with Crippen LogP contribution in [0.3, 0.4) is 0 Å². The maximum absolute atomic E-state index is 13.3. The lowest BCUT2D eigenvalue weighted by atomic mass is 9.89. The van der Waals surface area contributed by atoms with Gasteiger partial charge in [-0.1, -0.05) is 80.6 Å². The highest BCUT2D eigenvalue weighted by atomic mass is 16.2. The highest BCUT2D eigenvalue weighted by Crippen LogP contribution is 2.25. The lowest BCUT2D eigenvalue weighted by Gasteiger charge is -2.25. The second kappa shape index (κ2) is 10.3. The van der Waals surface area contributed by atoms with Crippen LogP contribution in [0.25, 0.3) is 0 Å². The van der Waals surface area contributed by atoms with Gasteiger partial charge in [-0.05, 0) is 28.7 Å². The summed E-state index contributed by atoms with van der Waals surface area (Å²) in [7, 11) is 0. The van der Waals surface area contributed by atoms with Crippen molar-refractivity contribution in [3.05, 3.63) is 102 Å². The standard InChI is InChI=1S/C25H27N3O2/c1-18(2)23(25(30)27-17-19-10-9-15-26-16-19)28-24(29)22(20-11-5-3-6-12-20)21-13-7-4-8-14-21/h3-16,18,22-23H,17H2,1-2H3,(H,27,30)(H,28,29). The summed E-state index contributed by atoms with van der Waals surface area (Å²) in [4.78, 5) is 30.2. The van der Waals surface area contributed by atoms with E-state index in [0.717, 1.165) is 16.7 Å². The van der Waals surface area contributed by atoms with Crippen LogP contribution in [-0.2, 0) is 16.1 Å². The molecule has 30 heavy (non-hydrogen) atoms. The van der Waals surface area contributed by atoms with Crippen LogP contribution in [0.15, 0.2) is 85.2 Å². The highest BCUT2D eigenvalue weighted by Gasteiger charge is 2.29. The van der Waals surface area contributed by atoms with Crippen LogP contribution in [0, 0.1) is 5.92 Å². The molecule has 1 heterocycles. The van der Waals surface area contributed by atoms with Crippen molar-refractivity contribution in [1.29, 1.82) is 0 Å². The molecule has 0 saturated heterocycles. The molecule has 1 atom stereocenters. The average Bonchev–Trinajstić information content (AvgIpc) is 2.78. The zero-order valence-electron chi connectivity index (χ0n) is 17.3. The fraction of sp³-hybridized carbons (Fsp3) is 0.240. The van der Waals surface area contributed by atoms with Crippen LogP contribution in [0.4, 0.5) is 0 Å². The Hall–Kier alpha value is -3.47. The summed E-state index contributed by atoms with van der Waals surface area (Å²) in [5.41, 5.74) is 2.69. The Balaban J connectivity index is 1.77. The van der Waals surface area contributed by atoms with Crippen LogP contribution < -0.4 is 10.6 Å². The first-order valence-corrected chi connectivity index (χ1v) is 10.1. The number of carbonyl (C=O) groups is 2. The van der Waals surface area contributed by atoms with Crippen molar-refractivity contribution in [3.63, 3.8) is 0 Å². The zero-order chi connectivity index (χ0) is 21.3. The number of hydrogen-bond donors (Lipinski definition) is 2. The third kappa shape index (κ3) is 5.54. The SMILES string of the molecule is CC(C)C(NC(=O)C(c1ccccc1)c1ccccc1)C(=O)NCc1cccnc1. The predicted octanol–water partition coefficient (Wildman–Crippen LogP) is 3.67. The number of rotatable bonds is 8. The van der Waals surface area contributed by atoms with Crippen molar-refractivity contribution in [3.8, 4) is 0 Å². The number of nitrogens with zero attached hydrogens (tertiary/aromatic N) is 1. The molecule has 0 aliphatic carbocycles. The number of nitrogens with one attached hydrogen (secondary N) is 2. The molecule has 3 rings (SSSR count). The Kier molecular flexibility index (Phi) is 7.33. The minimum absolute atomic E-state index is 0.0601. The van der Waals surface area contributed by atoms with Crippen LogP contribution >= 0.6 is 0 Å². The Morgan fingerprint density at radius 2 is 1.43 bits per heavy atom. The largest absolute Gasteiger partial charge is 0.350 e. The smallest absolute Gasteiger partial charge is 0.243 e. The summed E-state index contributed by atoms with van der Waals surface area (Å²) in [6, 6.07) is 22.3. The van der Waals surface area contributed by atoms with Gasteiger partial charge in [0, 0.05) is 18.9 Å². The maximum Gasteiger partial charge on any atom is 0.243 e. The number of hydrogen-bond acceptors (Lipinski definition) is 3. The molecule has 5 heteroatoms. The molecule has 154 valence electrons. The van der Waals surface area contributed by atoms with Gasteiger partial charge in [-0.3, -0.25) is 14.6 Å². The van der Waals surface area contributed by atoms with Crippen molar-refractivity contribution < 1.29 is 9.59 Å². The van der Waals surface area contributed by atoms with E-state index in [1.54, 1.807) is 12.4 Å². The summed E-state index contributed by atoms with van der Waals surface area (Å²) in [5.74, 6) is -0.945. The molecule has 0 bridgehead atoms. The summed E-state index contributed by atoms with van der Waals surface area (Å²) in [6.07, 6.45) is 3.40. The molecular formula is C25H27N3O2. The lowest BCUT2D eigenvalue weighted by Crippen LogP contribution is -2.50. The van der Waals surface area contributed by atoms with Gasteiger partial charge in [-0.15, -0.1) is 0 Å². The van der Waals surface area contributed by atoms with Crippen LogP contribution in [0.5, 0.6) is 0 Å². The summed E-state index contributed by atoms with van der Waals surface area (Å²) in [6.45, 7) is 4.22. The number of amides is 2. The highest BCUT2D eigenvalue weighted by molar-refractivity contribution is 5.92. The number of carbonyl (C=O) groups excluding carboxylic acids is 2. The van der Waals surface area contributed by atoms with E-state index in [4.69, 9.17) is 0 Å². The van der Waals surface area contributed by atoms with Gasteiger partial charge in [0.15, 0.2) is 0 Å². The molecule has 0 saturated carbocycles. The molecule has 5 nitrogen and oxygen atoms in total. The van der Waals surface area contributed by atoms with Gasteiger partial charge in [0.2, 0.25) is 11.8 Å². The fourth-order valence-electron chi connectivity index (χ4n) is 3.36. The molecule has 1 unspecified atom stereocenters. The fourth-order valence-corrected chi connectivity index (χ4v) is 3.36. The molecule has 0 aliphatic heterocycles. The van der Waals surface area contributed by atoms with Gasteiger partial charge in [-0.2, -0.15) is 0 Å². The molecule has 0 radical (unpaired) electrons. The lowest BCUT2D eigenvalue weighted by molar-refractivity contribution is -0.130. The molecule has 3 aromatic rings. The number of benzene rings is 2. The summed E-state index contributed by atoms with van der Waals surface area (Å²) in [5, 5.41) is 5.89. The quantitative estimate of drug-likeness (QED) is 0.605. The third-order valence-electron chi connectivity index (χ3n) is 4.96. The van der Waals surface area contributed by atoms with Crippen LogP contribution in [0.1, 0.15) is 36.5 Å². The van der Waals surface area contributed by atoms with E-state index in [1.165, 1.54) is 0 Å². The molecule has 2 amide bonds. The summed E-state index contributed by atoms with van der Waals surface area (Å²) >= 11 is 0. The van der Waals surface area contributed by atoms with E-state index in [1.807, 2.05) is 86.6 Å². The van der Waals surface area contributed by atoms with Crippen LogP contribution in [-0.4, -0.2) is 22.8 Å². The molecule has 1 aromatic heterocycles. The first-order valence-electron chi connectivity index (χ1n) is 10.1. The Morgan fingerprint density at radius 1 is 0.833 bits per heavy atom. The summed E-state index contributed by atoms with van der Waals surface area (Å²) < 4.78 is 0. The number of aromatic nitrogens is 1. The van der Waals surface area contributed by atoms with Gasteiger partial charge in [0.25, 0.3) is 0 Å². The Labute approximate surface area is 177 Å². The van der Waals surface area contributed by atoms with Crippen molar-refractivity contribution in [1.82, 2.24) is 15.6 Å². The van der Waals surface area contributed by atoms with Crippen molar-refractivity contribution in [2.24, 2.45) is 5.92 Å². The third-order valence-corrected chi connectivity index (χ3v) is 4.96. The molecule has 0 fully saturated rings. The van der Waals surface area contributed by atoms with Crippen molar-refractivity contribution in [2.75, 3.05) is 0 Å². The normalized spacial score (nSPS) is 11.9. The van der Waals surface area contributed by atoms with Gasteiger partial charge in [0.1, 0.15) is 6.04 Å². The number of pyridine rings is 1. The first-order chi connectivity index (χ1) is 14.6. The topological polar surface area (TPSA) is 71.1 Å². The van der Waals surface area contributed by atoms with Crippen molar-refractivity contribution >= 4 is 11.8 Å². The van der Waals surface area contributed by atoms with Crippen LogP contribution in [0.2, 0.25) is 0 Å². The van der Waals surface area contributed by atoms with Gasteiger partial charge in [0.05, 0.1) is 5.92 Å². The predicted molar refractivity (Wildman–Crippen MR) is 118 cm³/mol. The zero-order valence-corrected chi connectivity index (χ0v) is 17.3. The van der Waals surface area contributed by atoms with E-state index in [9.17, 15) is 9.59 Å². The van der Waals surface area contributed by atoms with E-state index in [-0.39, 0.29) is 17.7 Å². The maximum atomic E-state index is 13.3. The van der Waals surface area contributed by atoms with Gasteiger partial charge < -0.3 is 10.6 Å². The molecule has 0 aliphatic rings. The average molecular weight is 402 g/mol. The minimum atomic E-state index is -0.635. The first kappa shape index (κ1) is 21.2. The Morgan fingerprint density at radius 3 is 1.93 bits per heavy atom. The van der Waals surface area contributed by atoms with E-state index in [0.29, 0.717) is 6.54 Å². The van der Waals surface area contributed by atoms with Crippen molar-refractivity contribution in [2.45, 2.75) is 32.4 Å².